The van der Waals surface area contributed by atoms with Gasteiger partial charge in [0.25, 0.3) is 0 Å². The maximum atomic E-state index is 8.48. The number of hydrogen-bond donors (Lipinski definition) is 0. The van der Waals surface area contributed by atoms with Crippen LogP contribution < -0.4 is 0 Å². The fraction of sp³-hybridized carbons (Fsp3) is 0.222. The van der Waals surface area contributed by atoms with Crippen molar-refractivity contribution < 1.29 is 0 Å². The van der Waals surface area contributed by atoms with E-state index in [2.05, 4.69) is 13.0 Å². The van der Waals surface area contributed by atoms with E-state index in [1.165, 1.54) is 5.56 Å². The molecule has 0 N–H and O–H groups in total. The van der Waals surface area contributed by atoms with Crippen LogP contribution in [0.25, 0.3) is 0 Å². The summed E-state index contributed by atoms with van der Waals surface area (Å²) >= 11 is 0. The van der Waals surface area contributed by atoms with Crippen molar-refractivity contribution in [2.45, 2.75) is 13.3 Å². The van der Waals surface area contributed by atoms with Gasteiger partial charge in [0.2, 0.25) is 0 Å². The van der Waals surface area contributed by atoms with Gasteiger partial charge in [-0.2, -0.15) is 5.26 Å². The van der Waals surface area contributed by atoms with Crippen molar-refractivity contribution in [2.75, 3.05) is 0 Å². The highest BCUT2D eigenvalue weighted by Gasteiger charge is 1.90. The van der Waals surface area contributed by atoms with Crippen LogP contribution >= 0.6 is 0 Å². The molecule has 0 aliphatic heterocycles. The molecule has 1 aromatic carbocycles. The van der Waals surface area contributed by atoms with E-state index in [1.54, 1.807) is 6.07 Å². The van der Waals surface area contributed by atoms with E-state index in [0.717, 1.165) is 6.42 Å². The van der Waals surface area contributed by atoms with E-state index in [0.29, 0.717) is 5.56 Å². The summed E-state index contributed by atoms with van der Waals surface area (Å²) in [4.78, 5) is 0. The molecule has 0 spiro atoms. The Bertz CT molecular complexity index is 258. The van der Waals surface area contributed by atoms with Gasteiger partial charge in [0.15, 0.2) is 0 Å². The quantitative estimate of drug-likeness (QED) is 0.569. The Kier molecular flexibility index (Phi) is 2.07. The summed E-state index contributed by atoms with van der Waals surface area (Å²) in [7, 11) is 0. The second-order valence-electron chi connectivity index (χ2n) is 2.08. The lowest BCUT2D eigenvalue weighted by Gasteiger charge is -1.93. The van der Waals surface area contributed by atoms with Gasteiger partial charge in [-0.05, 0) is 18.1 Å². The molecule has 1 radical (unpaired) electrons. The maximum absolute atomic E-state index is 8.48. The lowest BCUT2D eigenvalue weighted by atomic mass is 10.1. The number of hydrogen-bond acceptors (Lipinski definition) is 1. The third-order valence-electron chi connectivity index (χ3n) is 1.39. The molecule has 1 nitrogen and oxygen atoms in total. The third-order valence-corrected chi connectivity index (χ3v) is 1.39. The summed E-state index contributed by atoms with van der Waals surface area (Å²) in [5, 5.41) is 8.48. The Hall–Kier alpha value is -1.29. The maximum Gasteiger partial charge on any atom is 0.0998 e. The van der Waals surface area contributed by atoms with Gasteiger partial charge >= 0.3 is 0 Å². The van der Waals surface area contributed by atoms with E-state index in [4.69, 9.17) is 5.26 Å². The van der Waals surface area contributed by atoms with E-state index < -0.39 is 0 Å². The average Bonchev–Trinajstić information content (AvgIpc) is 2.05. The van der Waals surface area contributed by atoms with E-state index in [9.17, 15) is 0 Å². The van der Waals surface area contributed by atoms with Crippen molar-refractivity contribution in [3.8, 4) is 6.07 Å². The predicted octanol–water partition coefficient (Wildman–Crippen LogP) is 1.92. The van der Waals surface area contributed by atoms with Gasteiger partial charge in [-0.1, -0.05) is 19.1 Å². The Morgan fingerprint density at radius 1 is 1.70 bits per heavy atom. The van der Waals surface area contributed by atoms with Crippen LogP contribution in [0.4, 0.5) is 0 Å². The standard InChI is InChI=1S/C9H8N/c1-2-8-4-3-5-9(6-8)7-10/h3-4,6H,2H2,1H3. The number of rotatable bonds is 1. The van der Waals surface area contributed by atoms with Gasteiger partial charge < -0.3 is 0 Å². The number of aryl methyl sites for hydroxylation is 1. The van der Waals surface area contributed by atoms with Gasteiger partial charge in [0.05, 0.1) is 11.6 Å². The normalized spacial score (nSPS) is 8.80. The first kappa shape index (κ1) is 6.82. The minimum atomic E-state index is 0.624. The Morgan fingerprint density at radius 2 is 2.50 bits per heavy atom. The molecule has 1 heteroatoms. The highest BCUT2D eigenvalue weighted by Crippen LogP contribution is 2.02. The summed E-state index contributed by atoms with van der Waals surface area (Å²) in [5.41, 5.74) is 1.81. The fourth-order valence-corrected chi connectivity index (χ4v) is 0.798. The minimum absolute atomic E-state index is 0.624. The largest absolute Gasteiger partial charge is 0.192 e. The van der Waals surface area contributed by atoms with Crippen LogP contribution in [0.5, 0.6) is 0 Å². The summed E-state index contributed by atoms with van der Waals surface area (Å²) in [6, 6.07) is 10.5. The van der Waals surface area contributed by atoms with Crippen molar-refractivity contribution >= 4 is 0 Å². The van der Waals surface area contributed by atoms with Crippen molar-refractivity contribution in [1.29, 1.82) is 5.26 Å². The minimum Gasteiger partial charge on any atom is -0.192 e. The lowest BCUT2D eigenvalue weighted by Crippen LogP contribution is -1.80. The predicted molar refractivity (Wildman–Crippen MR) is 39.4 cm³/mol. The summed E-state index contributed by atoms with van der Waals surface area (Å²) in [6.45, 7) is 2.07. The lowest BCUT2D eigenvalue weighted by molar-refractivity contribution is 1.14. The summed E-state index contributed by atoms with van der Waals surface area (Å²) in [5.74, 6) is 0. The third kappa shape index (κ3) is 1.35. The van der Waals surface area contributed by atoms with Gasteiger partial charge in [0, 0.05) is 6.07 Å². The van der Waals surface area contributed by atoms with Crippen LogP contribution in [0.15, 0.2) is 18.2 Å². The highest BCUT2D eigenvalue weighted by molar-refractivity contribution is 5.31. The molecule has 0 unspecified atom stereocenters. The number of benzene rings is 1. The van der Waals surface area contributed by atoms with Crippen molar-refractivity contribution in [1.82, 2.24) is 0 Å². The Morgan fingerprint density at radius 3 is 3.10 bits per heavy atom. The molecule has 49 valence electrons. The van der Waals surface area contributed by atoms with Crippen LogP contribution in [0, 0.1) is 17.4 Å². The first-order chi connectivity index (χ1) is 4.86. The van der Waals surface area contributed by atoms with Crippen LogP contribution in [-0.2, 0) is 6.42 Å². The molecule has 0 atom stereocenters. The van der Waals surface area contributed by atoms with E-state index in [1.807, 2.05) is 18.2 Å². The molecule has 0 saturated carbocycles. The first-order valence-corrected chi connectivity index (χ1v) is 3.27. The van der Waals surface area contributed by atoms with Gasteiger partial charge in [-0.3, -0.25) is 0 Å². The highest BCUT2D eigenvalue weighted by atomic mass is 14.2. The van der Waals surface area contributed by atoms with Crippen LogP contribution in [0.3, 0.4) is 0 Å². The summed E-state index contributed by atoms with van der Waals surface area (Å²) in [6.07, 6.45) is 0.976. The smallest absolute Gasteiger partial charge is 0.0998 e. The Balaban J connectivity index is 3.01. The topological polar surface area (TPSA) is 23.8 Å². The van der Waals surface area contributed by atoms with Crippen LogP contribution in [0.1, 0.15) is 18.1 Å². The average molecular weight is 130 g/mol. The molecule has 0 bridgehead atoms. The first-order valence-electron chi connectivity index (χ1n) is 3.27. The monoisotopic (exact) mass is 130 g/mol. The molecule has 1 rings (SSSR count). The van der Waals surface area contributed by atoms with Crippen LogP contribution in [-0.4, -0.2) is 0 Å². The molecular weight excluding hydrogens is 122 g/mol. The van der Waals surface area contributed by atoms with Crippen LogP contribution in [0.2, 0.25) is 0 Å². The molecule has 0 heterocycles. The molecule has 10 heavy (non-hydrogen) atoms. The molecule has 0 aromatic heterocycles. The Labute approximate surface area is 60.9 Å². The zero-order valence-corrected chi connectivity index (χ0v) is 5.89. The molecule has 1 aromatic rings. The molecule has 0 aliphatic rings. The van der Waals surface area contributed by atoms with Crippen molar-refractivity contribution in [3.05, 3.63) is 35.4 Å². The fourth-order valence-electron chi connectivity index (χ4n) is 0.798. The van der Waals surface area contributed by atoms with E-state index in [-0.39, 0.29) is 0 Å². The van der Waals surface area contributed by atoms with Gasteiger partial charge in [-0.25, -0.2) is 0 Å². The number of nitriles is 1. The van der Waals surface area contributed by atoms with Crippen molar-refractivity contribution in [3.63, 3.8) is 0 Å². The summed E-state index contributed by atoms with van der Waals surface area (Å²) < 4.78 is 0. The van der Waals surface area contributed by atoms with Crippen molar-refractivity contribution in [2.24, 2.45) is 0 Å². The number of nitrogens with zero attached hydrogens (tertiary/aromatic N) is 1. The zero-order chi connectivity index (χ0) is 7.40. The molecule has 0 amide bonds. The molecular formula is C9H8N. The second kappa shape index (κ2) is 3.03. The van der Waals surface area contributed by atoms with Gasteiger partial charge in [0.1, 0.15) is 0 Å². The molecule has 0 fully saturated rings. The van der Waals surface area contributed by atoms with Gasteiger partial charge in [-0.15, -0.1) is 0 Å². The SMILES string of the molecule is CCc1cc[c]c(C#N)c1. The second-order valence-corrected chi connectivity index (χ2v) is 2.08. The molecule has 0 saturated heterocycles. The zero-order valence-electron chi connectivity index (χ0n) is 5.89. The van der Waals surface area contributed by atoms with E-state index >= 15 is 0 Å². The molecule has 0 aliphatic carbocycles.